The molecule has 0 radical (unpaired) electrons. The molecule has 7 heteroatoms. The quantitative estimate of drug-likeness (QED) is 0.706. The Bertz CT molecular complexity index is 33.8. The van der Waals surface area contributed by atoms with Crippen LogP contribution in [0.15, 0.2) is 0 Å². The van der Waals surface area contributed by atoms with Crippen molar-refractivity contribution in [1.82, 2.24) is 0 Å². The van der Waals surface area contributed by atoms with Gasteiger partial charge in [0.2, 0.25) is 0 Å². The van der Waals surface area contributed by atoms with Crippen LogP contribution in [0.3, 0.4) is 0 Å². The van der Waals surface area contributed by atoms with E-state index in [4.69, 9.17) is 0 Å². The lowest BCUT2D eigenvalue weighted by molar-refractivity contribution is 0.215. The third kappa shape index (κ3) is 296. The summed E-state index contributed by atoms with van der Waals surface area (Å²) in [4.78, 5) is 0. The topological polar surface area (TPSA) is 44.5 Å². The minimum absolute atomic E-state index is 0. The number of rotatable bonds is 2. The molecule has 0 aliphatic rings. The molecule has 13 heavy (non-hydrogen) atoms. The Balaban J connectivity index is -0.0000000133. The molecule has 0 saturated heterocycles. The summed E-state index contributed by atoms with van der Waals surface area (Å²) in [5.41, 5.74) is 0. The number of hydrogen-bond donors (Lipinski definition) is 2. The number of methoxy groups -OCH3 is 2. The first-order valence-corrected chi connectivity index (χ1v) is 3.58. The van der Waals surface area contributed by atoms with E-state index in [9.17, 15) is 0 Å². The summed E-state index contributed by atoms with van der Waals surface area (Å²) in [7, 11) is 3.36. The molecule has 0 amide bonds. The van der Waals surface area contributed by atoms with Crippen LogP contribution >= 0.6 is 12.8 Å². The van der Waals surface area contributed by atoms with E-state index in [1.807, 2.05) is 13.8 Å². The van der Waals surface area contributed by atoms with Gasteiger partial charge in [0, 0.05) is 27.4 Å². The van der Waals surface area contributed by atoms with E-state index in [-0.39, 0.29) is 14.1 Å². The molecule has 0 heterocycles. The fraction of sp³-hybridized carbons (Fsp3) is 1.00. The molecular weight excluding hydrogens is 207 g/mol. The summed E-state index contributed by atoms with van der Waals surface area (Å²) in [5, 5.41) is 4.19. The van der Waals surface area contributed by atoms with Crippen molar-refractivity contribution in [2.45, 2.75) is 13.8 Å². The SMILES string of the molecule is CCOC.CCOC.F.F.F.NS. The zero-order valence-corrected chi connectivity index (χ0v) is 9.37. The van der Waals surface area contributed by atoms with E-state index in [0.29, 0.717) is 0 Å². The zero-order chi connectivity index (χ0) is 8.83. The third-order valence-electron chi connectivity index (χ3n) is 0.577. The van der Waals surface area contributed by atoms with Crippen molar-refractivity contribution in [1.29, 1.82) is 0 Å². The van der Waals surface area contributed by atoms with Crippen LogP contribution in [0.1, 0.15) is 13.8 Å². The molecule has 3 nitrogen and oxygen atoms in total. The van der Waals surface area contributed by atoms with Gasteiger partial charge < -0.3 is 9.47 Å². The summed E-state index contributed by atoms with van der Waals surface area (Å²) in [5.74, 6) is 0. The third-order valence-corrected chi connectivity index (χ3v) is 0.577. The number of ether oxygens (including phenoxy) is 2. The van der Waals surface area contributed by atoms with Crippen molar-refractivity contribution >= 4 is 12.8 Å². The highest BCUT2D eigenvalue weighted by Crippen LogP contribution is 1.52. The van der Waals surface area contributed by atoms with Crippen LogP contribution in [-0.4, -0.2) is 27.4 Å². The molecule has 0 aromatic carbocycles. The van der Waals surface area contributed by atoms with Gasteiger partial charge in [0.05, 0.1) is 0 Å². The molecule has 0 spiro atoms. The molecule has 0 aromatic rings. The Labute approximate surface area is 83.6 Å². The van der Waals surface area contributed by atoms with Gasteiger partial charge in [-0.1, -0.05) is 0 Å². The largest absolute Gasteiger partial charge is 0.385 e. The van der Waals surface area contributed by atoms with E-state index >= 15 is 0 Å². The lowest BCUT2D eigenvalue weighted by atomic mass is 10.9. The van der Waals surface area contributed by atoms with Crippen LogP contribution in [-0.2, 0) is 9.47 Å². The fourth-order valence-corrected chi connectivity index (χ4v) is 0. The Morgan fingerprint density at radius 3 is 0.923 bits per heavy atom. The van der Waals surface area contributed by atoms with Crippen molar-refractivity contribution in [2.24, 2.45) is 5.14 Å². The van der Waals surface area contributed by atoms with Crippen LogP contribution < -0.4 is 5.14 Å². The summed E-state index contributed by atoms with van der Waals surface area (Å²) >= 11 is 3.03. The second-order valence-electron chi connectivity index (χ2n) is 1.15. The molecule has 0 aliphatic heterocycles. The maximum atomic E-state index is 4.54. The number of halogens is 3. The van der Waals surface area contributed by atoms with E-state index in [0.717, 1.165) is 13.2 Å². The van der Waals surface area contributed by atoms with E-state index in [1.54, 1.807) is 14.2 Å². The average Bonchev–Trinajstić information content (AvgIpc) is 2.08. The second-order valence-corrected chi connectivity index (χ2v) is 1.15. The number of thiol groups is 1. The van der Waals surface area contributed by atoms with Gasteiger partial charge in [0.1, 0.15) is 0 Å². The molecular formula is C6H22F3NO2S. The van der Waals surface area contributed by atoms with Crippen molar-refractivity contribution in [3.05, 3.63) is 0 Å². The molecule has 0 unspecified atom stereocenters. The lowest BCUT2D eigenvalue weighted by Crippen LogP contribution is -1.73. The second kappa shape index (κ2) is 90.3. The molecule has 90 valence electrons. The predicted molar refractivity (Wildman–Crippen MR) is 55.8 cm³/mol. The predicted octanol–water partition coefficient (Wildman–Crippen LogP) is 1.55. The number of hydrogen-bond acceptors (Lipinski definition) is 4. The van der Waals surface area contributed by atoms with Crippen LogP contribution in [0.2, 0.25) is 0 Å². The standard InChI is InChI=1S/2C3H8O.3FH.H3NS/c2*1-3-4-2;;;;1-2/h2*3H2,1-2H3;3*1H;2H,1H2. The van der Waals surface area contributed by atoms with Crippen LogP contribution in [0, 0.1) is 0 Å². The van der Waals surface area contributed by atoms with E-state index in [2.05, 4.69) is 27.4 Å². The van der Waals surface area contributed by atoms with Gasteiger partial charge in [-0.25, -0.2) is 0 Å². The Hall–Kier alpha value is 0.0200. The maximum absolute atomic E-state index is 4.54. The first kappa shape index (κ1) is 38.2. The van der Waals surface area contributed by atoms with Gasteiger partial charge in [0.15, 0.2) is 0 Å². The molecule has 0 aromatic heterocycles. The van der Waals surface area contributed by atoms with Gasteiger partial charge >= 0.3 is 0 Å². The highest BCUT2D eigenvalue weighted by atomic mass is 32.1. The Morgan fingerprint density at radius 1 is 0.846 bits per heavy atom. The molecule has 0 saturated carbocycles. The van der Waals surface area contributed by atoms with Crippen LogP contribution in [0.25, 0.3) is 0 Å². The summed E-state index contributed by atoms with van der Waals surface area (Å²) in [6.07, 6.45) is 0. The average molecular weight is 229 g/mol. The van der Waals surface area contributed by atoms with Crippen LogP contribution in [0.5, 0.6) is 0 Å². The minimum Gasteiger partial charge on any atom is -0.385 e. The van der Waals surface area contributed by atoms with Crippen molar-refractivity contribution in [3.63, 3.8) is 0 Å². The lowest BCUT2D eigenvalue weighted by Gasteiger charge is -1.76. The van der Waals surface area contributed by atoms with Crippen molar-refractivity contribution in [3.8, 4) is 0 Å². The minimum atomic E-state index is 0. The molecule has 0 atom stereocenters. The Morgan fingerprint density at radius 2 is 0.923 bits per heavy atom. The van der Waals surface area contributed by atoms with E-state index < -0.39 is 0 Å². The Kier molecular flexibility index (Phi) is 265. The molecule has 0 fully saturated rings. The van der Waals surface area contributed by atoms with Gasteiger partial charge in [-0.15, -0.1) is 12.8 Å². The highest BCUT2D eigenvalue weighted by Gasteiger charge is 1.51. The van der Waals surface area contributed by atoms with Gasteiger partial charge in [-0.3, -0.25) is 19.3 Å². The van der Waals surface area contributed by atoms with Crippen molar-refractivity contribution < 1.29 is 23.6 Å². The summed E-state index contributed by atoms with van der Waals surface area (Å²) < 4.78 is 9.08. The van der Waals surface area contributed by atoms with Gasteiger partial charge in [-0.05, 0) is 13.8 Å². The molecule has 0 bridgehead atoms. The fourth-order valence-electron chi connectivity index (χ4n) is 0. The molecule has 0 rings (SSSR count). The highest BCUT2D eigenvalue weighted by molar-refractivity contribution is 7.77. The zero-order valence-electron chi connectivity index (χ0n) is 8.48. The van der Waals surface area contributed by atoms with Gasteiger partial charge in [-0.2, -0.15) is 0 Å². The summed E-state index contributed by atoms with van der Waals surface area (Å²) in [6.45, 7) is 5.56. The molecule has 2 N–H and O–H groups in total. The molecule has 0 aliphatic carbocycles. The smallest absolute Gasteiger partial charge is 0.0433 e. The maximum Gasteiger partial charge on any atom is 0.0433 e. The first-order valence-electron chi connectivity index (χ1n) is 3.07. The van der Waals surface area contributed by atoms with Crippen molar-refractivity contribution in [2.75, 3.05) is 27.4 Å². The monoisotopic (exact) mass is 229 g/mol. The number of nitrogens with two attached hydrogens (primary N) is 1. The van der Waals surface area contributed by atoms with Crippen LogP contribution in [0.4, 0.5) is 14.1 Å². The normalized spacial score (nSPS) is 5.08. The summed E-state index contributed by atoms with van der Waals surface area (Å²) in [6, 6.07) is 0. The van der Waals surface area contributed by atoms with E-state index in [1.165, 1.54) is 0 Å². The van der Waals surface area contributed by atoms with Gasteiger partial charge in [0.25, 0.3) is 0 Å². The first-order chi connectivity index (χ1) is 4.83.